The third kappa shape index (κ3) is 4.65. The van der Waals surface area contributed by atoms with Crippen LogP contribution in [0.5, 0.6) is 0 Å². The van der Waals surface area contributed by atoms with Crippen molar-refractivity contribution >= 4 is 23.2 Å². The zero-order valence-electron chi connectivity index (χ0n) is 12.5. The largest absolute Gasteiger partial charge is 0.472 e. The molecule has 0 bridgehead atoms. The van der Waals surface area contributed by atoms with Gasteiger partial charge in [-0.15, -0.1) is 0 Å². The number of nitro groups is 1. The van der Waals surface area contributed by atoms with Crippen molar-refractivity contribution in [1.29, 1.82) is 0 Å². The molecule has 0 aliphatic heterocycles. The summed E-state index contributed by atoms with van der Waals surface area (Å²) in [5.41, 5.74) is 0.726. The summed E-state index contributed by atoms with van der Waals surface area (Å²) < 4.78 is 4.84. The highest BCUT2D eigenvalue weighted by Crippen LogP contribution is 2.16. The van der Waals surface area contributed by atoms with Gasteiger partial charge in [-0.25, -0.2) is 0 Å². The van der Waals surface area contributed by atoms with E-state index in [4.69, 9.17) is 4.42 Å². The summed E-state index contributed by atoms with van der Waals surface area (Å²) in [6.07, 6.45) is 2.24. The van der Waals surface area contributed by atoms with Crippen LogP contribution in [-0.2, 0) is 9.59 Å². The number of aliphatic hydroxyl groups excluding tert-OH is 1. The summed E-state index contributed by atoms with van der Waals surface area (Å²) in [6.45, 7) is 0.0961. The minimum Gasteiger partial charge on any atom is -0.472 e. The fourth-order valence-corrected chi connectivity index (χ4v) is 1.89. The molecular weight excluding hydrogens is 318 g/mol. The molecule has 0 aliphatic rings. The molecule has 9 nitrogen and oxygen atoms in total. The number of anilines is 1. The van der Waals surface area contributed by atoms with E-state index >= 15 is 0 Å². The minimum absolute atomic E-state index is 0.0961. The Kier molecular flexibility index (Phi) is 5.63. The Labute approximate surface area is 136 Å². The number of hydrogen-bond acceptors (Lipinski definition) is 6. The highest BCUT2D eigenvalue weighted by Gasteiger charge is 2.15. The summed E-state index contributed by atoms with van der Waals surface area (Å²) >= 11 is 0. The van der Waals surface area contributed by atoms with Crippen molar-refractivity contribution in [1.82, 2.24) is 5.32 Å². The van der Waals surface area contributed by atoms with Gasteiger partial charge in [0.25, 0.3) is 5.69 Å². The zero-order valence-corrected chi connectivity index (χ0v) is 12.5. The van der Waals surface area contributed by atoms with E-state index < -0.39 is 22.8 Å². The lowest BCUT2D eigenvalue weighted by Gasteiger charge is -2.09. The molecule has 3 N–H and O–H groups in total. The minimum atomic E-state index is -0.901. The van der Waals surface area contributed by atoms with Crippen LogP contribution >= 0.6 is 0 Å². The van der Waals surface area contributed by atoms with Crippen LogP contribution in [0.4, 0.5) is 11.4 Å². The van der Waals surface area contributed by atoms with E-state index in [1.165, 1.54) is 36.8 Å². The van der Waals surface area contributed by atoms with E-state index in [0.717, 1.165) is 0 Å². The molecular formula is C15H15N3O6. The Morgan fingerprint density at radius 3 is 2.50 bits per heavy atom. The van der Waals surface area contributed by atoms with Crippen molar-refractivity contribution in [2.45, 2.75) is 12.5 Å². The second-order valence-electron chi connectivity index (χ2n) is 4.88. The van der Waals surface area contributed by atoms with Gasteiger partial charge in [-0.1, -0.05) is 0 Å². The average molecular weight is 333 g/mol. The van der Waals surface area contributed by atoms with Crippen LogP contribution in [0.2, 0.25) is 0 Å². The topological polar surface area (TPSA) is 135 Å². The molecule has 0 saturated heterocycles. The first kappa shape index (κ1) is 17.2. The molecule has 126 valence electrons. The number of rotatable bonds is 6. The number of aliphatic hydroxyl groups is 1. The Bertz CT molecular complexity index is 711. The number of carbonyl (C=O) groups excluding carboxylic acids is 2. The molecule has 9 heteroatoms. The Morgan fingerprint density at radius 2 is 1.92 bits per heavy atom. The van der Waals surface area contributed by atoms with Gasteiger partial charge in [-0.2, -0.15) is 0 Å². The van der Waals surface area contributed by atoms with Gasteiger partial charge in [0, 0.05) is 29.9 Å². The maximum Gasteiger partial charge on any atom is 0.313 e. The van der Waals surface area contributed by atoms with Crippen molar-refractivity contribution in [3.8, 4) is 0 Å². The molecule has 24 heavy (non-hydrogen) atoms. The normalized spacial score (nSPS) is 11.5. The van der Waals surface area contributed by atoms with Gasteiger partial charge in [0.15, 0.2) is 0 Å². The van der Waals surface area contributed by atoms with Crippen LogP contribution in [0.3, 0.4) is 0 Å². The maximum absolute atomic E-state index is 11.7. The fourth-order valence-electron chi connectivity index (χ4n) is 1.89. The highest BCUT2D eigenvalue weighted by atomic mass is 16.6. The Balaban J connectivity index is 1.77. The summed E-state index contributed by atoms with van der Waals surface area (Å²) in [6, 6.07) is 6.69. The molecule has 1 unspecified atom stereocenters. The second kappa shape index (κ2) is 7.88. The number of nitrogens with zero attached hydrogens (tertiary/aromatic N) is 1. The SMILES string of the molecule is O=C(NCCC(O)c1ccoc1)C(=O)Nc1ccc([N+](=O)[O-])cc1. The average Bonchev–Trinajstić information content (AvgIpc) is 3.09. The van der Waals surface area contributed by atoms with E-state index in [2.05, 4.69) is 10.6 Å². The number of nitrogens with one attached hydrogen (secondary N) is 2. The number of nitro benzene ring substituents is 1. The molecule has 1 atom stereocenters. The van der Waals surface area contributed by atoms with Crippen LogP contribution in [-0.4, -0.2) is 28.4 Å². The molecule has 0 saturated carbocycles. The van der Waals surface area contributed by atoms with Crippen molar-refractivity contribution in [2.24, 2.45) is 0 Å². The lowest BCUT2D eigenvalue weighted by molar-refractivity contribution is -0.384. The number of non-ortho nitro benzene ring substituents is 1. The van der Waals surface area contributed by atoms with Gasteiger partial charge in [0.1, 0.15) is 0 Å². The van der Waals surface area contributed by atoms with E-state index in [1.54, 1.807) is 6.07 Å². The van der Waals surface area contributed by atoms with Crippen LogP contribution in [0, 0.1) is 10.1 Å². The first-order valence-corrected chi connectivity index (χ1v) is 7.01. The van der Waals surface area contributed by atoms with Crippen LogP contribution in [0.1, 0.15) is 18.1 Å². The van der Waals surface area contributed by atoms with Crippen LogP contribution in [0.15, 0.2) is 47.3 Å². The zero-order chi connectivity index (χ0) is 17.5. The van der Waals surface area contributed by atoms with E-state index in [-0.39, 0.29) is 24.3 Å². The molecule has 2 aromatic rings. The van der Waals surface area contributed by atoms with Gasteiger partial charge < -0.3 is 20.2 Å². The highest BCUT2D eigenvalue weighted by molar-refractivity contribution is 6.39. The lowest BCUT2D eigenvalue weighted by atomic mass is 10.1. The van der Waals surface area contributed by atoms with Crippen molar-refractivity contribution < 1.29 is 24.0 Å². The monoisotopic (exact) mass is 333 g/mol. The van der Waals surface area contributed by atoms with Gasteiger partial charge in [0.2, 0.25) is 0 Å². The third-order valence-corrected chi connectivity index (χ3v) is 3.17. The smallest absolute Gasteiger partial charge is 0.313 e. The first-order valence-electron chi connectivity index (χ1n) is 7.01. The fraction of sp³-hybridized carbons (Fsp3) is 0.200. The Hall–Kier alpha value is -3.20. The number of amides is 2. The number of benzene rings is 1. The first-order chi connectivity index (χ1) is 11.5. The summed E-state index contributed by atoms with van der Waals surface area (Å²) in [7, 11) is 0. The number of carbonyl (C=O) groups is 2. The maximum atomic E-state index is 11.7. The molecule has 0 spiro atoms. The molecule has 0 fully saturated rings. The second-order valence-corrected chi connectivity index (χ2v) is 4.88. The van der Waals surface area contributed by atoms with Crippen molar-refractivity contribution in [3.05, 3.63) is 58.5 Å². The molecule has 0 aliphatic carbocycles. The molecule has 1 heterocycles. The van der Waals surface area contributed by atoms with Gasteiger partial charge in [-0.05, 0) is 24.6 Å². The van der Waals surface area contributed by atoms with Crippen molar-refractivity contribution in [2.75, 3.05) is 11.9 Å². The quantitative estimate of drug-likeness (QED) is 0.415. The number of furan rings is 1. The molecule has 1 aromatic carbocycles. The van der Waals surface area contributed by atoms with Gasteiger partial charge in [0.05, 0.1) is 23.6 Å². The number of hydrogen-bond donors (Lipinski definition) is 3. The molecule has 2 amide bonds. The van der Waals surface area contributed by atoms with E-state index in [9.17, 15) is 24.8 Å². The van der Waals surface area contributed by atoms with Gasteiger partial charge in [-0.3, -0.25) is 19.7 Å². The standard InChI is InChI=1S/C15H15N3O6/c19-13(10-6-8-24-9-10)5-7-16-14(20)15(21)17-11-1-3-12(4-2-11)18(22)23/h1-4,6,8-9,13,19H,5,7H2,(H,16,20)(H,17,21). The summed E-state index contributed by atoms with van der Waals surface area (Å²) in [5, 5.41) is 25.0. The molecule has 1 aromatic heterocycles. The summed E-state index contributed by atoms with van der Waals surface area (Å²) in [4.78, 5) is 33.3. The van der Waals surface area contributed by atoms with Crippen LogP contribution in [0.25, 0.3) is 0 Å². The predicted octanol–water partition coefficient (Wildman–Crippen LogP) is 1.37. The van der Waals surface area contributed by atoms with Crippen LogP contribution < -0.4 is 10.6 Å². The van der Waals surface area contributed by atoms with E-state index in [1.807, 2.05) is 0 Å². The third-order valence-electron chi connectivity index (χ3n) is 3.17. The summed E-state index contributed by atoms with van der Waals surface area (Å²) in [5.74, 6) is -1.77. The molecule has 2 rings (SSSR count). The van der Waals surface area contributed by atoms with Crippen molar-refractivity contribution in [3.63, 3.8) is 0 Å². The molecule has 0 radical (unpaired) electrons. The lowest BCUT2D eigenvalue weighted by Crippen LogP contribution is -2.36. The predicted molar refractivity (Wildman–Crippen MR) is 83.0 cm³/mol. The van der Waals surface area contributed by atoms with E-state index in [0.29, 0.717) is 5.56 Å². The van der Waals surface area contributed by atoms with Gasteiger partial charge >= 0.3 is 11.8 Å². The Morgan fingerprint density at radius 1 is 1.21 bits per heavy atom.